The lowest BCUT2D eigenvalue weighted by molar-refractivity contribution is -0.122. The number of rotatable bonds is 3. The molecule has 1 fully saturated rings. The first-order valence-corrected chi connectivity index (χ1v) is 9.99. The van der Waals surface area contributed by atoms with E-state index in [1.807, 2.05) is 23.1 Å². The Kier molecular flexibility index (Phi) is 5.11. The summed E-state index contributed by atoms with van der Waals surface area (Å²) in [6.45, 7) is 0.711. The molecular formula is C21H20Cl2N2O2. The highest BCUT2D eigenvalue weighted by molar-refractivity contribution is 6.36. The zero-order chi connectivity index (χ0) is 19.0. The molecule has 1 heterocycles. The molecule has 0 radical (unpaired) electrons. The zero-order valence-electron chi connectivity index (χ0n) is 14.8. The molecule has 1 saturated carbocycles. The van der Waals surface area contributed by atoms with Crippen LogP contribution < -0.4 is 10.2 Å². The summed E-state index contributed by atoms with van der Waals surface area (Å²) in [6, 6.07) is 10.5. The molecule has 0 atom stereocenters. The Morgan fingerprint density at radius 2 is 1.81 bits per heavy atom. The topological polar surface area (TPSA) is 49.4 Å². The molecule has 0 saturated heterocycles. The first-order valence-electron chi connectivity index (χ1n) is 9.23. The number of carbonyl (C=O) groups is 2. The number of nitrogens with one attached hydrogen (secondary N) is 1. The fourth-order valence-electron chi connectivity index (χ4n) is 3.97. The van der Waals surface area contributed by atoms with Crippen LogP contribution in [0.2, 0.25) is 10.0 Å². The second-order valence-electron chi connectivity index (χ2n) is 7.14. The molecule has 2 amide bonds. The summed E-state index contributed by atoms with van der Waals surface area (Å²) >= 11 is 12.1. The maximum atomic E-state index is 12.8. The molecule has 0 bridgehead atoms. The van der Waals surface area contributed by atoms with Crippen molar-refractivity contribution in [1.82, 2.24) is 0 Å². The number of hydrogen-bond acceptors (Lipinski definition) is 2. The molecule has 0 aromatic heterocycles. The van der Waals surface area contributed by atoms with Crippen LogP contribution in [0, 0.1) is 5.92 Å². The molecule has 1 aliphatic heterocycles. The lowest BCUT2D eigenvalue weighted by Gasteiger charge is -2.21. The number of benzene rings is 2. The van der Waals surface area contributed by atoms with Gasteiger partial charge in [0.2, 0.25) is 5.91 Å². The summed E-state index contributed by atoms with van der Waals surface area (Å²) in [6.07, 6.45) is 5.09. The number of hydrogen-bond donors (Lipinski definition) is 1. The van der Waals surface area contributed by atoms with Gasteiger partial charge in [-0.3, -0.25) is 9.59 Å². The second kappa shape index (κ2) is 7.53. The zero-order valence-corrected chi connectivity index (χ0v) is 16.3. The Morgan fingerprint density at radius 3 is 2.59 bits per heavy atom. The Balaban J connectivity index is 1.51. The van der Waals surface area contributed by atoms with E-state index in [0.29, 0.717) is 27.8 Å². The summed E-state index contributed by atoms with van der Waals surface area (Å²) < 4.78 is 0. The van der Waals surface area contributed by atoms with Gasteiger partial charge < -0.3 is 10.2 Å². The molecule has 0 unspecified atom stereocenters. The molecule has 2 aromatic carbocycles. The Labute approximate surface area is 168 Å². The molecule has 4 nitrogen and oxygen atoms in total. The third kappa shape index (κ3) is 3.69. The van der Waals surface area contributed by atoms with Crippen molar-refractivity contribution >= 4 is 46.4 Å². The fraction of sp³-hybridized carbons (Fsp3) is 0.333. The molecule has 6 heteroatoms. The van der Waals surface area contributed by atoms with Gasteiger partial charge in [0.1, 0.15) is 0 Å². The van der Waals surface area contributed by atoms with Gasteiger partial charge in [0, 0.05) is 28.9 Å². The van der Waals surface area contributed by atoms with Gasteiger partial charge in [-0.25, -0.2) is 0 Å². The summed E-state index contributed by atoms with van der Waals surface area (Å²) in [5, 5.41) is 3.68. The minimum absolute atomic E-state index is 0.167. The average molecular weight is 403 g/mol. The van der Waals surface area contributed by atoms with Crippen molar-refractivity contribution in [3.63, 3.8) is 0 Å². The van der Waals surface area contributed by atoms with Gasteiger partial charge in [0.15, 0.2) is 0 Å². The predicted molar refractivity (Wildman–Crippen MR) is 109 cm³/mol. The van der Waals surface area contributed by atoms with E-state index < -0.39 is 0 Å². The lowest BCUT2D eigenvalue weighted by atomic mass is 10.1. The third-order valence-corrected chi connectivity index (χ3v) is 5.94. The molecule has 0 spiro atoms. The summed E-state index contributed by atoms with van der Waals surface area (Å²) in [4.78, 5) is 27.2. The van der Waals surface area contributed by atoms with Crippen LogP contribution in [0.25, 0.3) is 0 Å². The lowest BCUT2D eigenvalue weighted by Crippen LogP contribution is -2.33. The van der Waals surface area contributed by atoms with Gasteiger partial charge in [0.05, 0.1) is 10.6 Å². The smallest absolute Gasteiger partial charge is 0.257 e. The van der Waals surface area contributed by atoms with Gasteiger partial charge in [-0.1, -0.05) is 36.0 Å². The average Bonchev–Trinajstić information content (AvgIpc) is 3.32. The Hall–Kier alpha value is -2.04. The predicted octanol–water partition coefficient (Wildman–Crippen LogP) is 5.33. The van der Waals surface area contributed by atoms with Crippen molar-refractivity contribution in [2.75, 3.05) is 16.8 Å². The van der Waals surface area contributed by atoms with Crippen molar-refractivity contribution in [1.29, 1.82) is 0 Å². The van der Waals surface area contributed by atoms with Gasteiger partial charge in [-0.15, -0.1) is 0 Å². The molecule has 140 valence electrons. The molecule has 1 aliphatic carbocycles. The number of fused-ring (bicyclic) bond motifs is 1. The van der Waals surface area contributed by atoms with Gasteiger partial charge >= 0.3 is 0 Å². The van der Waals surface area contributed by atoms with Crippen LogP contribution in [0.3, 0.4) is 0 Å². The molecule has 4 rings (SSSR count). The van der Waals surface area contributed by atoms with E-state index in [4.69, 9.17) is 23.2 Å². The Morgan fingerprint density at radius 1 is 1.04 bits per heavy atom. The highest BCUT2D eigenvalue weighted by Crippen LogP contribution is 2.35. The van der Waals surface area contributed by atoms with Crippen molar-refractivity contribution in [2.24, 2.45) is 5.92 Å². The number of halogens is 2. The van der Waals surface area contributed by atoms with Crippen LogP contribution >= 0.6 is 23.2 Å². The normalized spacial score (nSPS) is 16.4. The van der Waals surface area contributed by atoms with Crippen LogP contribution in [-0.4, -0.2) is 18.4 Å². The quantitative estimate of drug-likeness (QED) is 0.754. The monoisotopic (exact) mass is 402 g/mol. The number of nitrogens with zero attached hydrogens (tertiary/aromatic N) is 1. The van der Waals surface area contributed by atoms with Crippen LogP contribution in [-0.2, 0) is 11.2 Å². The SMILES string of the molecule is O=C(Nc1ccc2c(c1)CCN2C(=O)C1CCCC1)c1cc(Cl)ccc1Cl. The minimum Gasteiger partial charge on any atom is -0.322 e. The first-order chi connectivity index (χ1) is 13.0. The molecule has 27 heavy (non-hydrogen) atoms. The molecule has 2 aromatic rings. The van der Waals surface area contributed by atoms with E-state index in [0.717, 1.165) is 43.4 Å². The maximum absolute atomic E-state index is 12.8. The van der Waals surface area contributed by atoms with E-state index >= 15 is 0 Å². The maximum Gasteiger partial charge on any atom is 0.257 e. The van der Waals surface area contributed by atoms with Gasteiger partial charge in [-0.2, -0.15) is 0 Å². The minimum atomic E-state index is -0.306. The van der Waals surface area contributed by atoms with Crippen LogP contribution in [0.1, 0.15) is 41.6 Å². The van der Waals surface area contributed by atoms with Crippen molar-refractivity contribution < 1.29 is 9.59 Å². The van der Waals surface area contributed by atoms with E-state index in [-0.39, 0.29) is 17.7 Å². The molecule has 2 aliphatic rings. The van der Waals surface area contributed by atoms with Crippen molar-refractivity contribution in [3.8, 4) is 0 Å². The molecule has 1 N–H and O–H groups in total. The fourth-order valence-corrected chi connectivity index (χ4v) is 4.35. The van der Waals surface area contributed by atoms with E-state index in [1.165, 1.54) is 0 Å². The second-order valence-corrected chi connectivity index (χ2v) is 7.99. The largest absolute Gasteiger partial charge is 0.322 e. The number of carbonyl (C=O) groups excluding carboxylic acids is 2. The Bertz CT molecular complexity index is 907. The van der Waals surface area contributed by atoms with Gasteiger partial charge in [-0.05, 0) is 61.2 Å². The third-order valence-electron chi connectivity index (χ3n) is 5.38. The molecular weight excluding hydrogens is 383 g/mol. The van der Waals surface area contributed by atoms with E-state index in [2.05, 4.69) is 5.32 Å². The highest BCUT2D eigenvalue weighted by Gasteiger charge is 2.31. The highest BCUT2D eigenvalue weighted by atomic mass is 35.5. The van der Waals surface area contributed by atoms with Gasteiger partial charge in [0.25, 0.3) is 5.91 Å². The number of anilines is 2. The van der Waals surface area contributed by atoms with Crippen molar-refractivity contribution in [3.05, 3.63) is 57.6 Å². The van der Waals surface area contributed by atoms with Crippen LogP contribution in [0.4, 0.5) is 11.4 Å². The van der Waals surface area contributed by atoms with Crippen LogP contribution in [0.15, 0.2) is 36.4 Å². The number of amides is 2. The summed E-state index contributed by atoms with van der Waals surface area (Å²) in [7, 11) is 0. The summed E-state index contributed by atoms with van der Waals surface area (Å²) in [5.41, 5.74) is 3.06. The van der Waals surface area contributed by atoms with Crippen molar-refractivity contribution in [2.45, 2.75) is 32.1 Å². The first kappa shape index (κ1) is 18.3. The standard InChI is InChI=1S/C21H20Cl2N2O2/c22-15-5-7-18(23)17(12-15)20(26)24-16-6-8-19-14(11-16)9-10-25(19)21(27)13-3-1-2-4-13/h5-8,11-13H,1-4,9-10H2,(H,24,26). The van der Waals surface area contributed by atoms with E-state index in [9.17, 15) is 9.59 Å². The summed E-state index contributed by atoms with van der Waals surface area (Å²) in [5.74, 6) is 0.105. The van der Waals surface area contributed by atoms with Crippen LogP contribution in [0.5, 0.6) is 0 Å². The van der Waals surface area contributed by atoms with E-state index in [1.54, 1.807) is 18.2 Å².